The number of carboxylic acid groups (broad SMARTS) is 1. The van der Waals surface area contributed by atoms with Crippen LogP contribution in [0.2, 0.25) is 5.02 Å². The van der Waals surface area contributed by atoms with Gasteiger partial charge in [-0.15, -0.1) is 0 Å². The third-order valence-electron chi connectivity index (χ3n) is 4.24. The standard InChI is InChI=1S/C16H18ClNO4/c17-11-3-1-2-10(6-11)13-8-14(13)16(21)18-4-5-22-12(9-18)7-15(19)20/h1-3,6,12-14H,4-5,7-9H2,(H,19,20)/t12-,13+,14+/m1/s1. The first-order valence-corrected chi connectivity index (χ1v) is 7.80. The zero-order chi connectivity index (χ0) is 15.7. The minimum atomic E-state index is -0.900. The van der Waals surface area contributed by atoms with E-state index >= 15 is 0 Å². The summed E-state index contributed by atoms with van der Waals surface area (Å²) in [5.74, 6) is -0.583. The van der Waals surface area contributed by atoms with Crippen LogP contribution in [0, 0.1) is 5.92 Å². The lowest BCUT2D eigenvalue weighted by Crippen LogP contribution is -2.47. The number of aliphatic carboxylic acids is 1. The number of hydrogen-bond acceptors (Lipinski definition) is 3. The summed E-state index contributed by atoms with van der Waals surface area (Å²) in [6.07, 6.45) is 0.366. The Bertz CT molecular complexity index is 591. The maximum atomic E-state index is 12.6. The molecule has 5 nitrogen and oxygen atoms in total. The van der Waals surface area contributed by atoms with E-state index in [1.807, 2.05) is 24.3 Å². The van der Waals surface area contributed by atoms with Crippen molar-refractivity contribution in [3.8, 4) is 0 Å². The Morgan fingerprint density at radius 2 is 2.23 bits per heavy atom. The van der Waals surface area contributed by atoms with Gasteiger partial charge in [0.15, 0.2) is 0 Å². The van der Waals surface area contributed by atoms with Crippen LogP contribution in [0.15, 0.2) is 24.3 Å². The maximum absolute atomic E-state index is 12.6. The normalized spacial score (nSPS) is 27.5. The summed E-state index contributed by atoms with van der Waals surface area (Å²) >= 11 is 5.99. The van der Waals surface area contributed by atoms with Gasteiger partial charge in [-0.1, -0.05) is 23.7 Å². The van der Waals surface area contributed by atoms with Gasteiger partial charge in [-0.05, 0) is 30.0 Å². The molecule has 1 aromatic carbocycles. The van der Waals surface area contributed by atoms with Gasteiger partial charge in [-0.3, -0.25) is 9.59 Å². The number of amides is 1. The van der Waals surface area contributed by atoms with Crippen LogP contribution in [-0.2, 0) is 14.3 Å². The number of morpholine rings is 1. The molecule has 2 aliphatic rings. The van der Waals surface area contributed by atoms with Gasteiger partial charge in [0.05, 0.1) is 19.1 Å². The molecule has 118 valence electrons. The van der Waals surface area contributed by atoms with Crippen LogP contribution in [0.3, 0.4) is 0 Å². The van der Waals surface area contributed by atoms with E-state index < -0.39 is 12.1 Å². The Labute approximate surface area is 133 Å². The first-order valence-electron chi connectivity index (χ1n) is 7.42. The molecule has 0 aromatic heterocycles. The molecule has 1 saturated carbocycles. The molecule has 1 N–H and O–H groups in total. The number of hydrogen-bond donors (Lipinski definition) is 1. The number of carbonyl (C=O) groups is 2. The predicted octanol–water partition coefficient (Wildman–Crippen LogP) is 2.15. The number of nitrogens with zero attached hydrogens (tertiary/aromatic N) is 1. The molecule has 1 aliphatic carbocycles. The van der Waals surface area contributed by atoms with Crippen molar-refractivity contribution in [1.29, 1.82) is 0 Å². The van der Waals surface area contributed by atoms with E-state index in [1.54, 1.807) is 4.90 Å². The Morgan fingerprint density at radius 1 is 1.41 bits per heavy atom. The summed E-state index contributed by atoms with van der Waals surface area (Å²) in [7, 11) is 0. The monoisotopic (exact) mass is 323 g/mol. The molecule has 22 heavy (non-hydrogen) atoms. The fraction of sp³-hybridized carbons (Fsp3) is 0.500. The van der Waals surface area contributed by atoms with Crippen molar-refractivity contribution in [3.63, 3.8) is 0 Å². The van der Waals surface area contributed by atoms with Gasteiger partial charge < -0.3 is 14.7 Å². The third kappa shape index (κ3) is 3.42. The summed E-state index contributed by atoms with van der Waals surface area (Å²) in [5, 5.41) is 9.52. The molecule has 1 aliphatic heterocycles. The Kier molecular flexibility index (Phi) is 4.36. The average molecular weight is 324 g/mol. The average Bonchev–Trinajstić information content (AvgIpc) is 3.26. The van der Waals surface area contributed by atoms with Crippen molar-refractivity contribution in [1.82, 2.24) is 4.90 Å². The molecule has 0 bridgehead atoms. The third-order valence-corrected chi connectivity index (χ3v) is 4.47. The van der Waals surface area contributed by atoms with Crippen LogP contribution in [-0.4, -0.2) is 47.7 Å². The van der Waals surface area contributed by atoms with Gasteiger partial charge >= 0.3 is 5.97 Å². The first kappa shape index (κ1) is 15.3. The van der Waals surface area contributed by atoms with E-state index in [1.165, 1.54) is 0 Å². The van der Waals surface area contributed by atoms with Crippen molar-refractivity contribution < 1.29 is 19.4 Å². The number of carboxylic acids is 1. The van der Waals surface area contributed by atoms with Crippen molar-refractivity contribution in [2.45, 2.75) is 24.9 Å². The van der Waals surface area contributed by atoms with Gasteiger partial charge in [-0.25, -0.2) is 0 Å². The second-order valence-corrected chi connectivity index (χ2v) is 6.32. The van der Waals surface area contributed by atoms with E-state index in [0.29, 0.717) is 24.7 Å². The fourth-order valence-corrected chi connectivity index (χ4v) is 3.24. The molecule has 6 heteroatoms. The summed E-state index contributed by atoms with van der Waals surface area (Å²) in [5.41, 5.74) is 1.10. The number of carbonyl (C=O) groups excluding carboxylic acids is 1. The quantitative estimate of drug-likeness (QED) is 0.922. The van der Waals surface area contributed by atoms with Crippen molar-refractivity contribution in [2.75, 3.05) is 19.7 Å². The fourth-order valence-electron chi connectivity index (χ4n) is 3.05. The zero-order valence-corrected chi connectivity index (χ0v) is 12.8. The molecule has 0 radical (unpaired) electrons. The Balaban J connectivity index is 1.59. The van der Waals surface area contributed by atoms with Crippen molar-refractivity contribution in [3.05, 3.63) is 34.9 Å². The van der Waals surface area contributed by atoms with Crippen LogP contribution in [0.1, 0.15) is 24.3 Å². The molecule has 1 amide bonds. The summed E-state index contributed by atoms with van der Waals surface area (Å²) < 4.78 is 5.40. The minimum absolute atomic E-state index is 0.0120. The smallest absolute Gasteiger partial charge is 0.306 e. The Morgan fingerprint density at radius 3 is 2.95 bits per heavy atom. The topological polar surface area (TPSA) is 66.8 Å². The summed E-state index contributed by atoms with van der Waals surface area (Å²) in [6.45, 7) is 1.30. The minimum Gasteiger partial charge on any atom is -0.481 e. The maximum Gasteiger partial charge on any atom is 0.306 e. The van der Waals surface area contributed by atoms with Gasteiger partial charge in [0, 0.05) is 24.0 Å². The molecule has 3 rings (SSSR count). The number of halogens is 1. The largest absolute Gasteiger partial charge is 0.481 e. The number of rotatable bonds is 4. The summed E-state index contributed by atoms with van der Waals surface area (Å²) in [6, 6.07) is 7.63. The second kappa shape index (κ2) is 6.26. The van der Waals surface area contributed by atoms with Gasteiger partial charge in [0.2, 0.25) is 5.91 Å². The molecule has 1 aromatic rings. The molecule has 0 unspecified atom stereocenters. The molecular weight excluding hydrogens is 306 g/mol. The van der Waals surface area contributed by atoms with Crippen LogP contribution in [0.4, 0.5) is 0 Å². The van der Waals surface area contributed by atoms with Crippen LogP contribution in [0.5, 0.6) is 0 Å². The van der Waals surface area contributed by atoms with Crippen LogP contribution >= 0.6 is 11.6 Å². The molecule has 1 heterocycles. The highest BCUT2D eigenvalue weighted by atomic mass is 35.5. The van der Waals surface area contributed by atoms with Gasteiger partial charge in [0.25, 0.3) is 0 Å². The van der Waals surface area contributed by atoms with Crippen LogP contribution in [0.25, 0.3) is 0 Å². The SMILES string of the molecule is O=C(O)C[C@@H]1CN(C(=O)[C@H]2C[C@H]2c2cccc(Cl)c2)CCO1. The van der Waals surface area contributed by atoms with E-state index in [4.69, 9.17) is 21.4 Å². The highest BCUT2D eigenvalue weighted by Crippen LogP contribution is 2.49. The predicted molar refractivity (Wildman–Crippen MR) is 80.9 cm³/mol. The van der Waals surface area contributed by atoms with E-state index in [9.17, 15) is 9.59 Å². The van der Waals surface area contributed by atoms with Gasteiger partial charge in [0.1, 0.15) is 0 Å². The molecule has 2 fully saturated rings. The van der Waals surface area contributed by atoms with Crippen molar-refractivity contribution in [2.24, 2.45) is 5.92 Å². The molecule has 1 saturated heterocycles. The zero-order valence-electron chi connectivity index (χ0n) is 12.1. The summed E-state index contributed by atoms with van der Waals surface area (Å²) in [4.78, 5) is 25.1. The van der Waals surface area contributed by atoms with Crippen LogP contribution < -0.4 is 0 Å². The number of ether oxygens (including phenoxy) is 1. The highest BCUT2D eigenvalue weighted by Gasteiger charge is 2.46. The van der Waals surface area contributed by atoms with E-state index in [0.717, 1.165) is 12.0 Å². The van der Waals surface area contributed by atoms with Gasteiger partial charge in [-0.2, -0.15) is 0 Å². The lowest BCUT2D eigenvalue weighted by Gasteiger charge is -2.32. The second-order valence-electron chi connectivity index (χ2n) is 5.88. The molecule has 3 atom stereocenters. The lowest BCUT2D eigenvalue weighted by atomic mass is 10.1. The van der Waals surface area contributed by atoms with E-state index in [2.05, 4.69) is 0 Å². The molecular formula is C16H18ClNO4. The highest BCUT2D eigenvalue weighted by molar-refractivity contribution is 6.30. The molecule has 0 spiro atoms. The first-order chi connectivity index (χ1) is 10.5. The number of benzene rings is 1. The lowest BCUT2D eigenvalue weighted by molar-refractivity contribution is -0.148. The van der Waals surface area contributed by atoms with Crippen molar-refractivity contribution >= 4 is 23.5 Å². The van der Waals surface area contributed by atoms with E-state index in [-0.39, 0.29) is 24.2 Å². The Hall–Kier alpha value is -1.59.